The SMILES string of the molecule is CC(CCC(=O)O)(c1ccc(O[C@H]2O[C@H](CO)[C@@H](O)[C@@H](O)[C@@H]2O)cc1)c1ccc(O[C@H]2O[C@H](CO)[C@@H](O)[C@@H](O)[C@@H]2O)cc1. The maximum atomic E-state index is 11.5. The van der Waals surface area contributed by atoms with Crippen LogP contribution in [0.15, 0.2) is 48.5 Å². The second-order valence-electron chi connectivity index (χ2n) is 10.9. The fourth-order valence-electron chi connectivity index (χ4n) is 5.21. The van der Waals surface area contributed by atoms with E-state index >= 15 is 0 Å². The maximum Gasteiger partial charge on any atom is 0.303 e. The third kappa shape index (κ3) is 7.10. The van der Waals surface area contributed by atoms with Gasteiger partial charge in [0.05, 0.1) is 13.2 Å². The number of carboxylic acid groups (broad SMARTS) is 1. The third-order valence-electron chi connectivity index (χ3n) is 8.02. The van der Waals surface area contributed by atoms with Crippen molar-refractivity contribution in [2.75, 3.05) is 13.2 Å². The molecule has 14 heteroatoms. The fourth-order valence-corrected chi connectivity index (χ4v) is 5.21. The van der Waals surface area contributed by atoms with Crippen molar-refractivity contribution >= 4 is 5.97 Å². The van der Waals surface area contributed by atoms with Gasteiger partial charge in [0.15, 0.2) is 0 Å². The molecule has 4 rings (SSSR count). The average Bonchev–Trinajstić information content (AvgIpc) is 3.01. The van der Waals surface area contributed by atoms with E-state index < -0.39 is 86.0 Å². The molecule has 0 bridgehead atoms. The van der Waals surface area contributed by atoms with Crippen LogP contribution in [-0.4, -0.2) is 127 Å². The summed E-state index contributed by atoms with van der Waals surface area (Å²) < 4.78 is 22.1. The lowest BCUT2D eigenvalue weighted by molar-refractivity contribution is -0.277. The topological polar surface area (TPSA) is 236 Å². The van der Waals surface area contributed by atoms with Crippen LogP contribution >= 0.6 is 0 Å². The number of hydrogen-bond acceptors (Lipinski definition) is 13. The van der Waals surface area contributed by atoms with E-state index in [-0.39, 0.29) is 24.3 Å². The number of ether oxygens (including phenoxy) is 4. The van der Waals surface area contributed by atoms with E-state index in [1.165, 1.54) is 0 Å². The Morgan fingerprint density at radius 3 is 1.37 bits per heavy atom. The summed E-state index contributed by atoms with van der Waals surface area (Å²) in [7, 11) is 0. The summed E-state index contributed by atoms with van der Waals surface area (Å²) in [6, 6.07) is 13.1. The maximum absolute atomic E-state index is 11.5. The van der Waals surface area contributed by atoms with Gasteiger partial charge in [-0.25, -0.2) is 0 Å². The van der Waals surface area contributed by atoms with Crippen molar-refractivity contribution in [1.82, 2.24) is 0 Å². The molecule has 0 unspecified atom stereocenters. The summed E-state index contributed by atoms with van der Waals surface area (Å²) in [4.78, 5) is 11.5. The van der Waals surface area contributed by atoms with Gasteiger partial charge in [-0.2, -0.15) is 0 Å². The zero-order valence-corrected chi connectivity index (χ0v) is 23.3. The van der Waals surface area contributed by atoms with Crippen LogP contribution in [0, 0.1) is 0 Å². The van der Waals surface area contributed by atoms with Crippen LogP contribution in [0.25, 0.3) is 0 Å². The van der Waals surface area contributed by atoms with Gasteiger partial charge in [0, 0.05) is 11.8 Å². The van der Waals surface area contributed by atoms with Gasteiger partial charge in [0.1, 0.15) is 60.3 Å². The Morgan fingerprint density at radius 1 is 0.674 bits per heavy atom. The number of rotatable bonds is 11. The van der Waals surface area contributed by atoms with Gasteiger partial charge in [-0.15, -0.1) is 0 Å². The lowest BCUT2D eigenvalue weighted by Crippen LogP contribution is -2.60. The number of hydrogen-bond donors (Lipinski definition) is 9. The van der Waals surface area contributed by atoms with E-state index in [9.17, 15) is 50.8 Å². The van der Waals surface area contributed by atoms with E-state index in [0.29, 0.717) is 0 Å². The molecule has 43 heavy (non-hydrogen) atoms. The molecule has 2 aliphatic rings. The quantitative estimate of drug-likeness (QED) is 0.137. The molecule has 2 aliphatic heterocycles. The Kier molecular flexibility index (Phi) is 10.6. The molecular formula is C29H38O14. The highest BCUT2D eigenvalue weighted by Gasteiger charge is 2.46. The van der Waals surface area contributed by atoms with Crippen LogP contribution in [0.1, 0.15) is 30.9 Å². The van der Waals surface area contributed by atoms with E-state index in [4.69, 9.17) is 18.9 Å². The molecular weight excluding hydrogens is 572 g/mol. The third-order valence-corrected chi connectivity index (χ3v) is 8.02. The molecule has 9 N–H and O–H groups in total. The molecule has 0 saturated carbocycles. The molecule has 10 atom stereocenters. The summed E-state index contributed by atoms with van der Waals surface area (Å²) in [5, 5.41) is 88.7. The first-order valence-electron chi connectivity index (χ1n) is 13.8. The minimum Gasteiger partial charge on any atom is -0.481 e. The number of carbonyl (C=O) groups is 1. The zero-order chi connectivity index (χ0) is 31.5. The Balaban J connectivity index is 1.52. The first kappa shape index (κ1) is 33.0. The van der Waals surface area contributed by atoms with Crippen molar-refractivity contribution < 1.29 is 69.7 Å². The van der Waals surface area contributed by atoms with E-state index in [1.807, 2.05) is 6.92 Å². The highest BCUT2D eigenvalue weighted by molar-refractivity contribution is 5.67. The van der Waals surface area contributed by atoms with Crippen LogP contribution in [0.5, 0.6) is 11.5 Å². The summed E-state index contributed by atoms with van der Waals surface area (Å²) in [6.07, 6.45) is -14.3. The number of carboxylic acids is 1. The second-order valence-corrected chi connectivity index (χ2v) is 10.9. The highest BCUT2D eigenvalue weighted by Crippen LogP contribution is 2.38. The highest BCUT2D eigenvalue weighted by atomic mass is 16.7. The van der Waals surface area contributed by atoms with Gasteiger partial charge in [0.25, 0.3) is 0 Å². The molecule has 0 radical (unpaired) electrons. The van der Waals surface area contributed by atoms with E-state index in [0.717, 1.165) is 11.1 Å². The molecule has 2 saturated heterocycles. The van der Waals surface area contributed by atoms with Gasteiger partial charge < -0.3 is 64.9 Å². The van der Waals surface area contributed by atoms with E-state index in [2.05, 4.69) is 0 Å². The van der Waals surface area contributed by atoms with Gasteiger partial charge >= 0.3 is 5.97 Å². The molecule has 2 aromatic carbocycles. The summed E-state index contributed by atoms with van der Waals surface area (Å²) in [5.41, 5.74) is 0.622. The average molecular weight is 611 g/mol. The molecule has 2 fully saturated rings. The standard InChI is InChI=1S/C29H38O14/c1-29(11-10-20(32)33,14-2-6-16(7-3-14)40-27-25(38)23(36)21(34)18(12-30)42-27)15-4-8-17(9-5-15)41-28-26(39)24(37)22(35)19(13-31)43-28/h2-9,18-19,21-28,30-31,34-39H,10-13H2,1H3,(H,32,33)/t18-,19-,21-,22-,23-,24-,25+,26+,27+,28+/m1/s1. The molecule has 2 heterocycles. The van der Waals surface area contributed by atoms with Crippen molar-refractivity contribution in [3.05, 3.63) is 59.7 Å². The van der Waals surface area contributed by atoms with Crippen LogP contribution < -0.4 is 9.47 Å². The van der Waals surface area contributed by atoms with Crippen molar-refractivity contribution in [3.8, 4) is 11.5 Å². The normalized spacial score (nSPS) is 33.1. The summed E-state index contributed by atoms with van der Waals surface area (Å²) in [6.45, 7) is 0.660. The predicted molar refractivity (Wildman–Crippen MR) is 145 cm³/mol. The molecule has 0 spiro atoms. The predicted octanol–water partition coefficient (Wildman–Crippen LogP) is -1.79. The number of aliphatic hydroxyl groups excluding tert-OH is 8. The Labute approximate surface area is 246 Å². The fraction of sp³-hybridized carbons (Fsp3) is 0.552. The smallest absolute Gasteiger partial charge is 0.303 e. The van der Waals surface area contributed by atoms with Crippen LogP contribution in [0.3, 0.4) is 0 Å². The van der Waals surface area contributed by atoms with Crippen LogP contribution in [-0.2, 0) is 19.7 Å². The van der Waals surface area contributed by atoms with Crippen molar-refractivity contribution in [3.63, 3.8) is 0 Å². The second kappa shape index (κ2) is 13.8. The summed E-state index contributed by atoms with van der Waals surface area (Å²) >= 11 is 0. The minimum atomic E-state index is -1.60. The van der Waals surface area contributed by atoms with Crippen molar-refractivity contribution in [1.29, 1.82) is 0 Å². The lowest BCUT2D eigenvalue weighted by Gasteiger charge is -2.39. The monoisotopic (exact) mass is 610 g/mol. The van der Waals surface area contributed by atoms with Crippen LogP contribution in [0.2, 0.25) is 0 Å². The first-order valence-corrected chi connectivity index (χ1v) is 13.8. The number of aliphatic carboxylic acids is 1. The zero-order valence-electron chi connectivity index (χ0n) is 23.3. The Bertz CT molecular complexity index is 1110. The van der Waals surface area contributed by atoms with E-state index in [1.54, 1.807) is 48.5 Å². The van der Waals surface area contributed by atoms with Crippen LogP contribution in [0.4, 0.5) is 0 Å². The van der Waals surface area contributed by atoms with Gasteiger partial charge in [-0.1, -0.05) is 31.2 Å². The number of aliphatic hydroxyl groups is 8. The molecule has 0 aromatic heterocycles. The van der Waals surface area contributed by atoms with Gasteiger partial charge in [-0.05, 0) is 41.8 Å². The molecule has 238 valence electrons. The lowest BCUT2D eigenvalue weighted by atomic mass is 9.73. The van der Waals surface area contributed by atoms with Gasteiger partial charge in [0.2, 0.25) is 12.6 Å². The van der Waals surface area contributed by atoms with Crippen molar-refractivity contribution in [2.24, 2.45) is 0 Å². The minimum absolute atomic E-state index is 0.150. The molecule has 14 nitrogen and oxygen atoms in total. The van der Waals surface area contributed by atoms with Crippen molar-refractivity contribution in [2.45, 2.75) is 86.6 Å². The largest absolute Gasteiger partial charge is 0.481 e. The molecule has 0 aliphatic carbocycles. The number of benzene rings is 2. The first-order chi connectivity index (χ1) is 20.4. The van der Waals surface area contributed by atoms with Gasteiger partial charge in [-0.3, -0.25) is 4.79 Å². The summed E-state index contributed by atoms with van der Waals surface area (Å²) in [5.74, 6) is -0.495. The Morgan fingerprint density at radius 2 is 1.05 bits per heavy atom. The molecule has 0 amide bonds. The Hall–Kier alpha value is -2.89. The molecule has 2 aromatic rings.